The van der Waals surface area contributed by atoms with E-state index in [0.717, 1.165) is 24.2 Å². The van der Waals surface area contributed by atoms with Crippen molar-refractivity contribution in [3.8, 4) is 5.75 Å². The molecule has 3 rings (SSSR count). The number of carbonyl (C=O) groups is 1. The number of nitrogens with zero attached hydrogens (tertiary/aromatic N) is 2. The van der Waals surface area contributed by atoms with Gasteiger partial charge in [-0.25, -0.2) is 0 Å². The average molecular weight is 272 g/mol. The van der Waals surface area contributed by atoms with Crippen molar-refractivity contribution in [2.45, 2.75) is 39.2 Å². The number of hydrogen-bond donors (Lipinski definition) is 0. The third-order valence-corrected chi connectivity index (χ3v) is 3.35. The molecule has 0 atom stereocenters. The number of hydrogen-bond acceptors (Lipinski definition) is 5. The molecule has 2 aromatic rings. The third kappa shape index (κ3) is 2.71. The lowest BCUT2D eigenvalue weighted by Crippen LogP contribution is -2.00. The molecule has 1 fully saturated rings. The molecule has 1 aliphatic rings. The molecule has 0 N–H and O–H groups in total. The topological polar surface area (TPSA) is 65.2 Å². The van der Waals surface area contributed by atoms with Gasteiger partial charge in [-0.15, -0.1) is 0 Å². The van der Waals surface area contributed by atoms with E-state index in [1.165, 1.54) is 0 Å². The number of aryl methyl sites for hydroxylation is 1. The van der Waals surface area contributed by atoms with Gasteiger partial charge < -0.3 is 9.26 Å². The maximum Gasteiger partial charge on any atom is 0.229 e. The fourth-order valence-electron chi connectivity index (χ4n) is 1.99. The van der Waals surface area contributed by atoms with E-state index in [-0.39, 0.29) is 12.4 Å². The van der Waals surface area contributed by atoms with Crippen LogP contribution in [0.2, 0.25) is 0 Å². The number of aromatic nitrogens is 2. The summed E-state index contributed by atoms with van der Waals surface area (Å²) in [4.78, 5) is 15.6. The Morgan fingerprint density at radius 2 is 2.25 bits per heavy atom. The molecule has 0 saturated heterocycles. The van der Waals surface area contributed by atoms with Crippen LogP contribution in [0.4, 0.5) is 0 Å². The molecular formula is C15H16N2O3. The van der Waals surface area contributed by atoms with Gasteiger partial charge in [0.05, 0.1) is 0 Å². The molecule has 1 aliphatic carbocycles. The van der Waals surface area contributed by atoms with Crippen molar-refractivity contribution in [2.24, 2.45) is 0 Å². The number of carbonyl (C=O) groups excluding carboxylic acids is 1. The van der Waals surface area contributed by atoms with Crippen LogP contribution in [0.15, 0.2) is 22.7 Å². The highest BCUT2D eigenvalue weighted by Gasteiger charge is 2.29. The maximum atomic E-state index is 11.3. The SMILES string of the molecule is CC(=O)c1ccc(OCc2noc(C3CC3)n2)c(C)c1. The second-order valence-corrected chi connectivity index (χ2v) is 5.15. The highest BCUT2D eigenvalue weighted by Crippen LogP contribution is 2.38. The molecule has 104 valence electrons. The zero-order chi connectivity index (χ0) is 14.1. The van der Waals surface area contributed by atoms with Gasteiger partial charge in [0.1, 0.15) is 5.75 Å². The van der Waals surface area contributed by atoms with Crippen molar-refractivity contribution in [1.82, 2.24) is 10.1 Å². The summed E-state index contributed by atoms with van der Waals surface area (Å²) in [7, 11) is 0. The number of ether oxygens (including phenoxy) is 1. The number of benzene rings is 1. The minimum absolute atomic E-state index is 0.0480. The molecule has 0 radical (unpaired) electrons. The van der Waals surface area contributed by atoms with Crippen LogP contribution in [0.5, 0.6) is 5.75 Å². The van der Waals surface area contributed by atoms with Crippen molar-refractivity contribution >= 4 is 5.78 Å². The van der Waals surface area contributed by atoms with Crippen LogP contribution in [-0.4, -0.2) is 15.9 Å². The van der Waals surface area contributed by atoms with E-state index in [4.69, 9.17) is 9.26 Å². The highest BCUT2D eigenvalue weighted by atomic mass is 16.5. The van der Waals surface area contributed by atoms with Crippen LogP contribution in [0, 0.1) is 6.92 Å². The molecule has 0 aliphatic heterocycles. The van der Waals surface area contributed by atoms with Gasteiger partial charge in [-0.3, -0.25) is 4.79 Å². The second kappa shape index (κ2) is 5.07. The Bertz CT molecular complexity index is 644. The van der Waals surface area contributed by atoms with Crippen molar-refractivity contribution in [3.63, 3.8) is 0 Å². The van der Waals surface area contributed by atoms with Gasteiger partial charge in [0.2, 0.25) is 11.7 Å². The monoisotopic (exact) mass is 272 g/mol. The van der Waals surface area contributed by atoms with Crippen molar-refractivity contribution in [2.75, 3.05) is 0 Å². The van der Waals surface area contributed by atoms with Crippen molar-refractivity contribution in [3.05, 3.63) is 41.0 Å². The molecule has 5 nitrogen and oxygen atoms in total. The summed E-state index contributed by atoms with van der Waals surface area (Å²) in [6.07, 6.45) is 2.27. The van der Waals surface area contributed by atoms with Crippen LogP contribution in [0.1, 0.15) is 53.3 Å². The number of ketones is 1. The molecule has 0 spiro atoms. The van der Waals surface area contributed by atoms with E-state index >= 15 is 0 Å². The van der Waals surface area contributed by atoms with Gasteiger partial charge in [0.15, 0.2) is 12.4 Å². The lowest BCUT2D eigenvalue weighted by atomic mass is 10.1. The van der Waals surface area contributed by atoms with Crippen molar-refractivity contribution in [1.29, 1.82) is 0 Å². The first-order chi connectivity index (χ1) is 9.63. The molecular weight excluding hydrogens is 256 g/mol. The van der Waals surface area contributed by atoms with Crippen LogP contribution >= 0.6 is 0 Å². The highest BCUT2D eigenvalue weighted by molar-refractivity contribution is 5.94. The van der Waals surface area contributed by atoms with Crippen LogP contribution in [-0.2, 0) is 6.61 Å². The molecule has 1 aromatic carbocycles. The minimum atomic E-state index is 0.0480. The Balaban J connectivity index is 1.66. The predicted molar refractivity (Wildman–Crippen MR) is 71.8 cm³/mol. The van der Waals surface area contributed by atoms with E-state index in [9.17, 15) is 4.79 Å². The average Bonchev–Trinajstić information content (AvgIpc) is 3.17. The summed E-state index contributed by atoms with van der Waals surface area (Å²) >= 11 is 0. The third-order valence-electron chi connectivity index (χ3n) is 3.35. The first-order valence-electron chi connectivity index (χ1n) is 6.70. The van der Waals surface area contributed by atoms with E-state index in [1.54, 1.807) is 19.1 Å². The van der Waals surface area contributed by atoms with Crippen LogP contribution in [0.25, 0.3) is 0 Å². The number of Topliss-reactive ketones (excluding diaryl/α,β-unsaturated/α-hetero) is 1. The van der Waals surface area contributed by atoms with Gasteiger partial charge in [0, 0.05) is 11.5 Å². The fourth-order valence-corrected chi connectivity index (χ4v) is 1.99. The second-order valence-electron chi connectivity index (χ2n) is 5.15. The molecule has 0 bridgehead atoms. The summed E-state index contributed by atoms with van der Waals surface area (Å²) in [5.74, 6) is 2.50. The van der Waals surface area contributed by atoms with Crippen LogP contribution < -0.4 is 4.74 Å². The minimum Gasteiger partial charge on any atom is -0.485 e. The Labute approximate surface area is 116 Å². The molecule has 0 amide bonds. The van der Waals surface area contributed by atoms with Gasteiger partial charge in [0.25, 0.3) is 0 Å². The summed E-state index contributed by atoms with van der Waals surface area (Å²) in [6.45, 7) is 3.73. The zero-order valence-electron chi connectivity index (χ0n) is 11.5. The predicted octanol–water partition coefficient (Wildman–Crippen LogP) is 3.04. The first kappa shape index (κ1) is 12.8. The normalized spacial score (nSPS) is 14.3. The Kier molecular flexibility index (Phi) is 3.26. The molecule has 1 heterocycles. The van der Waals surface area contributed by atoms with E-state index in [2.05, 4.69) is 10.1 Å². The summed E-state index contributed by atoms with van der Waals surface area (Å²) in [5, 5.41) is 3.90. The molecule has 0 unspecified atom stereocenters. The van der Waals surface area contributed by atoms with Gasteiger partial charge in [-0.2, -0.15) is 4.98 Å². The zero-order valence-corrected chi connectivity index (χ0v) is 11.5. The fraction of sp³-hybridized carbons (Fsp3) is 0.400. The summed E-state index contributed by atoms with van der Waals surface area (Å²) < 4.78 is 10.8. The van der Waals surface area contributed by atoms with Gasteiger partial charge >= 0.3 is 0 Å². The molecule has 1 aromatic heterocycles. The van der Waals surface area contributed by atoms with Gasteiger partial charge in [-0.1, -0.05) is 5.16 Å². The molecule has 5 heteroatoms. The smallest absolute Gasteiger partial charge is 0.229 e. The van der Waals surface area contributed by atoms with Crippen LogP contribution in [0.3, 0.4) is 0 Å². The quantitative estimate of drug-likeness (QED) is 0.783. The Hall–Kier alpha value is -2.17. The molecule has 20 heavy (non-hydrogen) atoms. The number of rotatable bonds is 5. The van der Waals surface area contributed by atoms with Crippen molar-refractivity contribution < 1.29 is 14.1 Å². The maximum absolute atomic E-state index is 11.3. The summed E-state index contributed by atoms with van der Waals surface area (Å²) in [5.41, 5.74) is 1.61. The Morgan fingerprint density at radius 1 is 1.45 bits per heavy atom. The lowest BCUT2D eigenvalue weighted by molar-refractivity contribution is 0.101. The Morgan fingerprint density at radius 3 is 2.90 bits per heavy atom. The van der Waals surface area contributed by atoms with E-state index in [1.807, 2.05) is 13.0 Å². The van der Waals surface area contributed by atoms with E-state index < -0.39 is 0 Å². The molecule has 1 saturated carbocycles. The standard InChI is InChI=1S/C15H16N2O3/c1-9-7-12(10(2)18)5-6-13(9)19-8-14-16-15(20-17-14)11-3-4-11/h5-7,11H,3-4,8H2,1-2H3. The first-order valence-corrected chi connectivity index (χ1v) is 6.70. The van der Waals surface area contributed by atoms with Gasteiger partial charge in [-0.05, 0) is 50.5 Å². The largest absolute Gasteiger partial charge is 0.485 e. The van der Waals surface area contributed by atoms with E-state index in [0.29, 0.717) is 23.2 Å². The lowest BCUT2D eigenvalue weighted by Gasteiger charge is -2.07. The summed E-state index contributed by atoms with van der Waals surface area (Å²) in [6, 6.07) is 5.38.